The lowest BCUT2D eigenvalue weighted by molar-refractivity contribution is -0.404. The first-order valence-corrected chi connectivity index (χ1v) is 5.95. The highest BCUT2D eigenvalue weighted by molar-refractivity contribution is 5.68. The number of ether oxygens (including phenoxy) is 1. The Labute approximate surface area is 127 Å². The maximum absolute atomic E-state index is 11.1. The van der Waals surface area contributed by atoms with E-state index in [0.29, 0.717) is 12.1 Å². The molecule has 0 amide bonds. The first-order chi connectivity index (χ1) is 10.8. The van der Waals surface area contributed by atoms with Crippen molar-refractivity contribution in [3.8, 4) is 11.5 Å². The molecule has 0 aliphatic carbocycles. The zero-order valence-corrected chi connectivity index (χ0v) is 11.2. The van der Waals surface area contributed by atoms with Crippen molar-refractivity contribution in [2.45, 2.75) is 0 Å². The molecule has 0 saturated heterocycles. The number of nitrogens with two attached hydrogens (primary N) is 1. The topological polar surface area (TPSA) is 165 Å². The summed E-state index contributed by atoms with van der Waals surface area (Å²) in [5.74, 6) is -0.781. The molecule has 0 bridgehead atoms. The molecule has 0 radical (unpaired) electrons. The van der Waals surface area contributed by atoms with Gasteiger partial charge in [0.1, 0.15) is 0 Å². The zero-order chi connectivity index (χ0) is 17.1. The summed E-state index contributed by atoms with van der Waals surface area (Å²) in [4.78, 5) is 30.0. The van der Waals surface area contributed by atoms with Crippen LogP contribution in [0.3, 0.4) is 0 Å². The van der Waals surface area contributed by atoms with Crippen molar-refractivity contribution in [3.63, 3.8) is 0 Å². The molecule has 2 aromatic carbocycles. The Bertz CT molecular complexity index is 786. The zero-order valence-electron chi connectivity index (χ0n) is 11.2. The molecule has 0 aliphatic rings. The summed E-state index contributed by atoms with van der Waals surface area (Å²) in [7, 11) is 0. The monoisotopic (exact) mass is 320 g/mol. The molecule has 2 aromatic rings. The van der Waals surface area contributed by atoms with Gasteiger partial charge in [-0.2, -0.15) is 0 Å². The normalized spacial score (nSPS) is 10.1. The van der Waals surface area contributed by atoms with Crippen LogP contribution in [0.2, 0.25) is 0 Å². The van der Waals surface area contributed by atoms with Crippen LogP contribution in [0.4, 0.5) is 22.7 Å². The molecule has 23 heavy (non-hydrogen) atoms. The lowest BCUT2D eigenvalue weighted by Crippen LogP contribution is -2.02. The second-order valence-corrected chi connectivity index (χ2v) is 4.22. The third-order valence-electron chi connectivity index (χ3n) is 2.77. The van der Waals surface area contributed by atoms with Crippen LogP contribution in [0.15, 0.2) is 36.4 Å². The molecular formula is C12H8N4O7. The van der Waals surface area contributed by atoms with E-state index >= 15 is 0 Å². The van der Waals surface area contributed by atoms with Crippen molar-refractivity contribution >= 4 is 22.7 Å². The maximum atomic E-state index is 11.1. The fourth-order valence-corrected chi connectivity index (χ4v) is 1.75. The van der Waals surface area contributed by atoms with Crippen LogP contribution in [0, 0.1) is 30.3 Å². The Morgan fingerprint density at radius 1 is 0.870 bits per heavy atom. The molecule has 0 aliphatic heterocycles. The van der Waals surface area contributed by atoms with Crippen LogP contribution in [0.5, 0.6) is 11.5 Å². The minimum atomic E-state index is -1.01. The van der Waals surface area contributed by atoms with Gasteiger partial charge in [-0.1, -0.05) is 12.1 Å². The average Bonchev–Trinajstić information content (AvgIpc) is 2.48. The van der Waals surface area contributed by atoms with E-state index in [1.807, 2.05) is 0 Å². The predicted octanol–water partition coefficient (Wildman–Crippen LogP) is 2.79. The average molecular weight is 320 g/mol. The third kappa shape index (κ3) is 3.12. The predicted molar refractivity (Wildman–Crippen MR) is 77.3 cm³/mol. The Kier molecular flexibility index (Phi) is 4.03. The second-order valence-electron chi connectivity index (χ2n) is 4.22. The maximum Gasteiger partial charge on any atom is 0.325 e. The van der Waals surface area contributed by atoms with Gasteiger partial charge in [-0.25, -0.2) is 0 Å². The van der Waals surface area contributed by atoms with Gasteiger partial charge in [0.05, 0.1) is 32.6 Å². The molecule has 2 rings (SSSR count). The number of nitrogen functional groups attached to an aromatic ring is 1. The van der Waals surface area contributed by atoms with Gasteiger partial charge in [0, 0.05) is 0 Å². The molecule has 0 atom stereocenters. The summed E-state index contributed by atoms with van der Waals surface area (Å²) >= 11 is 0. The Hall–Kier alpha value is -3.76. The molecule has 0 unspecified atom stereocenters. The Morgan fingerprint density at radius 2 is 1.39 bits per heavy atom. The summed E-state index contributed by atoms with van der Waals surface area (Å²) in [5.41, 5.74) is 3.11. The van der Waals surface area contributed by atoms with E-state index in [9.17, 15) is 30.3 Å². The van der Waals surface area contributed by atoms with E-state index in [2.05, 4.69) is 0 Å². The lowest BCUT2D eigenvalue weighted by Gasteiger charge is -2.08. The van der Waals surface area contributed by atoms with Crippen LogP contribution < -0.4 is 10.5 Å². The Morgan fingerprint density at radius 3 is 1.83 bits per heavy atom. The molecule has 0 saturated carbocycles. The number of para-hydroxylation sites is 2. The number of hydrogen-bond donors (Lipinski definition) is 1. The smallest absolute Gasteiger partial charge is 0.325 e. The number of nitro groups is 3. The van der Waals surface area contributed by atoms with E-state index < -0.39 is 37.6 Å². The van der Waals surface area contributed by atoms with E-state index in [1.165, 1.54) is 18.2 Å². The second kappa shape index (κ2) is 5.93. The summed E-state index contributed by atoms with van der Waals surface area (Å²) in [6.07, 6.45) is 0. The van der Waals surface area contributed by atoms with Crippen LogP contribution in [0.1, 0.15) is 0 Å². The fraction of sp³-hybridized carbons (Fsp3) is 0. The van der Waals surface area contributed by atoms with Gasteiger partial charge >= 0.3 is 11.4 Å². The summed E-state index contributed by atoms with van der Waals surface area (Å²) in [5, 5.41) is 33.0. The first kappa shape index (κ1) is 15.6. The highest BCUT2D eigenvalue weighted by atomic mass is 16.6. The number of rotatable bonds is 5. The molecule has 11 nitrogen and oxygen atoms in total. The van der Waals surface area contributed by atoms with E-state index in [-0.39, 0.29) is 11.4 Å². The molecule has 118 valence electrons. The number of anilines is 1. The standard InChI is InChI=1S/C12H8N4O7/c13-8-3-1-2-4-11(8)23-12-9(15(19)20)5-7(14(17)18)6-10(12)16(21)22/h1-6H,13H2. The number of nitrogens with zero attached hydrogens (tertiary/aromatic N) is 3. The number of nitro benzene ring substituents is 3. The van der Waals surface area contributed by atoms with Crippen molar-refractivity contribution in [3.05, 3.63) is 66.7 Å². The summed E-state index contributed by atoms with van der Waals surface area (Å²) in [6.45, 7) is 0. The minimum absolute atomic E-state index is 0.0486. The Balaban J connectivity index is 2.69. The molecule has 2 N–H and O–H groups in total. The van der Waals surface area contributed by atoms with Gasteiger partial charge in [-0.05, 0) is 12.1 Å². The number of hydrogen-bond acceptors (Lipinski definition) is 8. The van der Waals surface area contributed by atoms with Crippen molar-refractivity contribution in [1.29, 1.82) is 0 Å². The minimum Gasteiger partial charge on any atom is -0.442 e. The molecular weight excluding hydrogens is 312 g/mol. The van der Waals surface area contributed by atoms with Gasteiger partial charge in [-0.3, -0.25) is 30.3 Å². The van der Waals surface area contributed by atoms with Gasteiger partial charge < -0.3 is 10.5 Å². The SMILES string of the molecule is Nc1ccccc1Oc1c([N+](=O)[O-])cc([N+](=O)[O-])cc1[N+](=O)[O-]. The van der Waals surface area contributed by atoms with Crippen molar-refractivity contribution in [2.24, 2.45) is 0 Å². The quantitative estimate of drug-likeness (QED) is 0.498. The fourth-order valence-electron chi connectivity index (χ4n) is 1.75. The van der Waals surface area contributed by atoms with Crippen LogP contribution >= 0.6 is 0 Å². The number of benzene rings is 2. The lowest BCUT2D eigenvalue weighted by atomic mass is 10.2. The first-order valence-electron chi connectivity index (χ1n) is 5.95. The van der Waals surface area contributed by atoms with E-state index in [4.69, 9.17) is 10.5 Å². The van der Waals surface area contributed by atoms with Gasteiger partial charge in [0.15, 0.2) is 5.75 Å². The van der Waals surface area contributed by atoms with Crippen LogP contribution in [-0.2, 0) is 0 Å². The third-order valence-corrected chi connectivity index (χ3v) is 2.77. The van der Waals surface area contributed by atoms with Gasteiger partial charge in [0.2, 0.25) is 0 Å². The van der Waals surface area contributed by atoms with E-state index in [1.54, 1.807) is 6.07 Å². The van der Waals surface area contributed by atoms with Crippen LogP contribution in [0.25, 0.3) is 0 Å². The largest absolute Gasteiger partial charge is 0.442 e. The van der Waals surface area contributed by atoms with Gasteiger partial charge in [-0.15, -0.1) is 0 Å². The van der Waals surface area contributed by atoms with Crippen molar-refractivity contribution in [1.82, 2.24) is 0 Å². The van der Waals surface area contributed by atoms with Crippen molar-refractivity contribution in [2.75, 3.05) is 5.73 Å². The van der Waals surface area contributed by atoms with E-state index in [0.717, 1.165) is 0 Å². The molecule has 0 fully saturated rings. The molecule has 0 heterocycles. The van der Waals surface area contributed by atoms with Crippen LogP contribution in [-0.4, -0.2) is 14.8 Å². The summed E-state index contributed by atoms with van der Waals surface area (Å²) in [6, 6.07) is 7.03. The van der Waals surface area contributed by atoms with Crippen molar-refractivity contribution < 1.29 is 19.5 Å². The molecule has 0 aromatic heterocycles. The number of non-ortho nitro benzene ring substituents is 1. The van der Waals surface area contributed by atoms with Gasteiger partial charge in [0.25, 0.3) is 11.4 Å². The highest BCUT2D eigenvalue weighted by Crippen LogP contribution is 2.43. The molecule has 11 heteroatoms. The summed E-state index contributed by atoms with van der Waals surface area (Å²) < 4.78 is 5.20. The highest BCUT2D eigenvalue weighted by Gasteiger charge is 2.32. The molecule has 0 spiro atoms.